The summed E-state index contributed by atoms with van der Waals surface area (Å²) in [6.07, 6.45) is 1.15. The summed E-state index contributed by atoms with van der Waals surface area (Å²) in [6.45, 7) is 8.47. The van der Waals surface area contributed by atoms with Crippen LogP contribution >= 0.6 is 0 Å². The maximum atomic E-state index is 13.9. The highest BCUT2D eigenvalue weighted by Crippen LogP contribution is 2.22. The standard InChI is InChI=1S/C25H33F2N3O4S/c1-7-22(24(32)28-25(3,4)5)29(15-18-11-9-8-10-17(18)2)23(31)16-30(35(6,33)34)19-12-13-20(26)21(27)14-19/h8-14,22H,7,15-16H2,1-6H3,(H,28,32)/t22-/m1/s1. The first-order valence-electron chi connectivity index (χ1n) is 11.2. The van der Waals surface area contributed by atoms with Gasteiger partial charge in [0.25, 0.3) is 0 Å². The van der Waals surface area contributed by atoms with Crippen LogP contribution in [-0.4, -0.2) is 49.5 Å². The first-order valence-corrected chi connectivity index (χ1v) is 13.1. The van der Waals surface area contributed by atoms with E-state index in [4.69, 9.17) is 0 Å². The van der Waals surface area contributed by atoms with Crippen LogP contribution in [0.4, 0.5) is 14.5 Å². The van der Waals surface area contributed by atoms with Crippen LogP contribution in [0, 0.1) is 18.6 Å². The van der Waals surface area contributed by atoms with Crippen LogP contribution in [0.25, 0.3) is 0 Å². The molecule has 1 N–H and O–H groups in total. The molecule has 2 aromatic rings. The maximum Gasteiger partial charge on any atom is 0.244 e. The lowest BCUT2D eigenvalue weighted by molar-refractivity contribution is -0.141. The number of aryl methyl sites for hydroxylation is 1. The van der Waals surface area contributed by atoms with E-state index < -0.39 is 45.7 Å². The molecule has 0 saturated heterocycles. The monoisotopic (exact) mass is 509 g/mol. The van der Waals surface area contributed by atoms with E-state index in [0.717, 1.165) is 35.6 Å². The second-order valence-electron chi connectivity index (χ2n) is 9.48. The van der Waals surface area contributed by atoms with Crippen molar-refractivity contribution in [1.82, 2.24) is 10.2 Å². The van der Waals surface area contributed by atoms with Crippen molar-refractivity contribution in [2.24, 2.45) is 0 Å². The van der Waals surface area contributed by atoms with Crippen molar-refractivity contribution >= 4 is 27.5 Å². The zero-order valence-electron chi connectivity index (χ0n) is 20.9. The fourth-order valence-electron chi connectivity index (χ4n) is 3.60. The van der Waals surface area contributed by atoms with Crippen molar-refractivity contribution in [2.45, 2.75) is 59.2 Å². The number of sulfonamides is 1. The lowest BCUT2D eigenvalue weighted by Gasteiger charge is -2.34. The molecule has 10 heteroatoms. The molecule has 2 aromatic carbocycles. The van der Waals surface area contributed by atoms with Crippen LogP contribution in [0.1, 0.15) is 45.2 Å². The third kappa shape index (κ3) is 7.74. The Kier molecular flexibility index (Phi) is 9.00. The normalized spacial score (nSPS) is 12.7. The van der Waals surface area contributed by atoms with Gasteiger partial charge in [-0.15, -0.1) is 0 Å². The van der Waals surface area contributed by atoms with E-state index in [-0.39, 0.29) is 24.6 Å². The van der Waals surface area contributed by atoms with Crippen LogP contribution < -0.4 is 9.62 Å². The Morgan fingerprint density at radius 3 is 2.20 bits per heavy atom. The Labute approximate surface area is 206 Å². The summed E-state index contributed by atoms with van der Waals surface area (Å²) in [6, 6.07) is 9.08. The first kappa shape index (κ1) is 28.2. The number of hydrogen-bond donors (Lipinski definition) is 1. The number of anilines is 1. The van der Waals surface area contributed by atoms with Gasteiger partial charge in [-0.2, -0.15) is 0 Å². The lowest BCUT2D eigenvalue weighted by atomic mass is 10.0. The Hall–Kier alpha value is -3.01. The molecule has 2 amide bonds. The Morgan fingerprint density at radius 1 is 1.06 bits per heavy atom. The van der Waals surface area contributed by atoms with Gasteiger partial charge in [0.15, 0.2) is 11.6 Å². The van der Waals surface area contributed by atoms with Gasteiger partial charge in [-0.05, 0) is 57.4 Å². The summed E-state index contributed by atoms with van der Waals surface area (Å²) in [5.41, 5.74) is 0.952. The van der Waals surface area contributed by atoms with Crippen molar-refractivity contribution < 1.29 is 26.8 Å². The molecule has 0 saturated carbocycles. The molecule has 0 bridgehead atoms. The zero-order chi connectivity index (χ0) is 26.6. The molecule has 0 aliphatic rings. The van der Waals surface area contributed by atoms with E-state index in [9.17, 15) is 26.8 Å². The summed E-state index contributed by atoms with van der Waals surface area (Å²) >= 11 is 0. The number of rotatable bonds is 9. The molecule has 0 radical (unpaired) electrons. The van der Waals surface area contributed by atoms with Crippen LogP contribution in [0.2, 0.25) is 0 Å². The number of benzene rings is 2. The molecule has 0 heterocycles. The first-order chi connectivity index (χ1) is 16.1. The molecule has 7 nitrogen and oxygen atoms in total. The van der Waals surface area contributed by atoms with Crippen LogP contribution in [0.5, 0.6) is 0 Å². The van der Waals surface area contributed by atoms with Gasteiger partial charge in [0.2, 0.25) is 21.8 Å². The molecule has 1 atom stereocenters. The smallest absolute Gasteiger partial charge is 0.244 e. The molecule has 35 heavy (non-hydrogen) atoms. The van der Waals surface area contributed by atoms with E-state index in [0.29, 0.717) is 4.31 Å². The van der Waals surface area contributed by atoms with Gasteiger partial charge in [-0.1, -0.05) is 31.2 Å². The number of nitrogens with one attached hydrogen (secondary N) is 1. The molecule has 0 aliphatic heterocycles. The predicted octanol–water partition coefficient (Wildman–Crippen LogP) is 3.76. The third-order valence-electron chi connectivity index (χ3n) is 5.36. The highest BCUT2D eigenvalue weighted by molar-refractivity contribution is 7.92. The largest absolute Gasteiger partial charge is 0.350 e. The van der Waals surface area contributed by atoms with Crippen molar-refractivity contribution in [1.29, 1.82) is 0 Å². The van der Waals surface area contributed by atoms with Crippen LogP contribution in [0.15, 0.2) is 42.5 Å². The average Bonchev–Trinajstić information content (AvgIpc) is 2.73. The molecular weight excluding hydrogens is 476 g/mol. The molecule has 0 fully saturated rings. The van der Waals surface area contributed by atoms with Crippen molar-refractivity contribution in [3.05, 3.63) is 65.2 Å². The number of amides is 2. The third-order valence-corrected chi connectivity index (χ3v) is 6.50. The average molecular weight is 510 g/mol. The second kappa shape index (κ2) is 11.2. The topological polar surface area (TPSA) is 86.8 Å². The summed E-state index contributed by atoms with van der Waals surface area (Å²) in [5, 5.41) is 2.88. The van der Waals surface area contributed by atoms with Crippen LogP contribution in [0.3, 0.4) is 0 Å². The van der Waals surface area contributed by atoms with Gasteiger partial charge in [-0.3, -0.25) is 13.9 Å². The molecule has 0 unspecified atom stereocenters. The highest BCUT2D eigenvalue weighted by Gasteiger charge is 2.33. The number of carbonyl (C=O) groups is 2. The van der Waals surface area contributed by atoms with E-state index in [2.05, 4.69) is 5.32 Å². The fourth-order valence-corrected chi connectivity index (χ4v) is 4.44. The van der Waals surface area contributed by atoms with Crippen molar-refractivity contribution in [2.75, 3.05) is 17.1 Å². The summed E-state index contributed by atoms with van der Waals surface area (Å²) in [4.78, 5) is 28.0. The van der Waals surface area contributed by atoms with Gasteiger partial charge < -0.3 is 10.2 Å². The fraction of sp³-hybridized carbons (Fsp3) is 0.440. The molecule has 0 spiro atoms. The molecule has 0 aromatic heterocycles. The Balaban J connectivity index is 2.49. The minimum Gasteiger partial charge on any atom is -0.350 e. The van der Waals surface area contributed by atoms with Gasteiger partial charge >= 0.3 is 0 Å². The summed E-state index contributed by atoms with van der Waals surface area (Å²) in [7, 11) is -4.04. The molecule has 192 valence electrons. The SMILES string of the molecule is CC[C@H](C(=O)NC(C)(C)C)N(Cc1ccccc1C)C(=O)CN(c1ccc(F)c(F)c1)S(C)(=O)=O. The minimum absolute atomic E-state index is 0.0664. The van der Waals surface area contributed by atoms with Gasteiger partial charge in [0.05, 0.1) is 11.9 Å². The molecule has 0 aliphatic carbocycles. The maximum absolute atomic E-state index is 13.9. The highest BCUT2D eigenvalue weighted by atomic mass is 32.2. The summed E-state index contributed by atoms with van der Waals surface area (Å²) < 4.78 is 53.0. The number of carbonyl (C=O) groups excluding carboxylic acids is 2. The van der Waals surface area contributed by atoms with E-state index in [1.54, 1.807) is 6.92 Å². The minimum atomic E-state index is -4.04. The molecular formula is C25H33F2N3O4S. The van der Waals surface area contributed by atoms with Gasteiger partial charge in [-0.25, -0.2) is 17.2 Å². The second-order valence-corrected chi connectivity index (χ2v) is 11.4. The van der Waals surface area contributed by atoms with Crippen molar-refractivity contribution in [3.63, 3.8) is 0 Å². The Bertz CT molecular complexity index is 1180. The molecule has 2 rings (SSSR count). The quantitative estimate of drug-likeness (QED) is 0.558. The lowest BCUT2D eigenvalue weighted by Crippen LogP contribution is -2.55. The Morgan fingerprint density at radius 2 is 1.69 bits per heavy atom. The van der Waals surface area contributed by atoms with E-state index in [1.165, 1.54) is 4.90 Å². The number of nitrogens with zero attached hydrogens (tertiary/aromatic N) is 2. The van der Waals surface area contributed by atoms with Crippen molar-refractivity contribution in [3.8, 4) is 0 Å². The number of hydrogen-bond acceptors (Lipinski definition) is 4. The van der Waals surface area contributed by atoms with E-state index >= 15 is 0 Å². The predicted molar refractivity (Wildman–Crippen MR) is 132 cm³/mol. The zero-order valence-corrected chi connectivity index (χ0v) is 21.7. The summed E-state index contributed by atoms with van der Waals surface area (Å²) in [5.74, 6) is -3.41. The van der Waals surface area contributed by atoms with E-state index in [1.807, 2.05) is 52.0 Å². The van der Waals surface area contributed by atoms with Gasteiger partial charge in [0, 0.05) is 18.2 Å². The number of halogens is 2. The van der Waals surface area contributed by atoms with Crippen LogP contribution in [-0.2, 0) is 26.2 Å². The van der Waals surface area contributed by atoms with Gasteiger partial charge in [0.1, 0.15) is 12.6 Å².